The predicted molar refractivity (Wildman–Crippen MR) is 111 cm³/mol. The molecule has 1 aliphatic carbocycles. The van der Waals surface area contributed by atoms with Crippen LogP contribution in [-0.2, 0) is 11.2 Å². The molecule has 0 aliphatic heterocycles. The first-order chi connectivity index (χ1) is 13.5. The number of aryl methyl sites for hydroxylation is 1. The molecule has 0 saturated heterocycles. The minimum atomic E-state index is -0.309. The van der Waals surface area contributed by atoms with E-state index in [9.17, 15) is 9.59 Å². The molecule has 0 bridgehead atoms. The van der Waals surface area contributed by atoms with Gasteiger partial charge < -0.3 is 4.90 Å². The van der Waals surface area contributed by atoms with Crippen molar-refractivity contribution in [2.24, 2.45) is 5.92 Å². The van der Waals surface area contributed by atoms with Crippen LogP contribution in [-0.4, -0.2) is 27.4 Å². The summed E-state index contributed by atoms with van der Waals surface area (Å²) >= 11 is 0. The van der Waals surface area contributed by atoms with Crippen LogP contribution in [0.4, 0.5) is 0 Å². The summed E-state index contributed by atoms with van der Waals surface area (Å²) < 4.78 is 1.66. The number of rotatable bonds is 5. The zero-order chi connectivity index (χ0) is 19.8. The molecule has 1 fully saturated rings. The highest BCUT2D eigenvalue weighted by molar-refractivity contribution is 5.81. The van der Waals surface area contributed by atoms with Gasteiger partial charge in [0.15, 0.2) is 0 Å². The number of amides is 1. The second-order valence-corrected chi connectivity index (χ2v) is 7.55. The highest BCUT2D eigenvalue weighted by Gasteiger charge is 2.35. The lowest BCUT2D eigenvalue weighted by Gasteiger charge is -2.27. The molecule has 1 unspecified atom stereocenters. The third-order valence-electron chi connectivity index (χ3n) is 5.63. The van der Waals surface area contributed by atoms with Crippen LogP contribution in [0.15, 0.2) is 53.3 Å². The van der Waals surface area contributed by atoms with Gasteiger partial charge in [-0.15, -0.1) is 0 Å². The molecule has 3 aromatic rings. The Balaban J connectivity index is 1.89. The average Bonchev–Trinajstić information content (AvgIpc) is 3.57. The van der Waals surface area contributed by atoms with Crippen LogP contribution < -0.4 is 5.56 Å². The second kappa shape index (κ2) is 7.23. The summed E-state index contributed by atoms with van der Waals surface area (Å²) in [7, 11) is 1.80. The van der Waals surface area contributed by atoms with Gasteiger partial charge in [0.25, 0.3) is 5.56 Å². The fraction of sp³-hybridized carbons (Fsp3) is 0.348. The summed E-state index contributed by atoms with van der Waals surface area (Å²) in [6.45, 7) is 4.04. The van der Waals surface area contributed by atoms with E-state index in [2.05, 4.69) is 6.92 Å². The van der Waals surface area contributed by atoms with Crippen LogP contribution >= 0.6 is 0 Å². The number of carbonyl (C=O) groups excluding carboxylic acids is 1. The largest absolute Gasteiger partial charge is 0.336 e. The van der Waals surface area contributed by atoms with Crippen LogP contribution in [0, 0.1) is 5.92 Å². The molecular formula is C23H25N3O2. The minimum absolute atomic E-state index is 0.107. The van der Waals surface area contributed by atoms with Crippen LogP contribution in [0.1, 0.15) is 44.1 Å². The van der Waals surface area contributed by atoms with E-state index < -0.39 is 0 Å². The Labute approximate surface area is 164 Å². The summed E-state index contributed by atoms with van der Waals surface area (Å²) in [4.78, 5) is 32.5. The number of carbonyl (C=O) groups is 1. The molecular weight excluding hydrogens is 350 g/mol. The zero-order valence-electron chi connectivity index (χ0n) is 16.6. The van der Waals surface area contributed by atoms with Crippen LogP contribution in [0.2, 0.25) is 0 Å². The lowest BCUT2D eigenvalue weighted by Crippen LogP contribution is -2.35. The minimum Gasteiger partial charge on any atom is -0.336 e. The van der Waals surface area contributed by atoms with Crippen molar-refractivity contribution in [1.82, 2.24) is 14.5 Å². The highest BCUT2D eigenvalue weighted by Crippen LogP contribution is 2.33. The second-order valence-electron chi connectivity index (χ2n) is 7.55. The number of hydrogen-bond acceptors (Lipinski definition) is 3. The third kappa shape index (κ3) is 3.21. The van der Waals surface area contributed by atoms with E-state index in [0.29, 0.717) is 16.7 Å². The van der Waals surface area contributed by atoms with Gasteiger partial charge in [-0.2, -0.15) is 0 Å². The van der Waals surface area contributed by atoms with Crippen LogP contribution in [0.5, 0.6) is 0 Å². The van der Waals surface area contributed by atoms with E-state index in [1.807, 2.05) is 49.4 Å². The molecule has 4 rings (SSSR count). The summed E-state index contributed by atoms with van der Waals surface area (Å²) in [6, 6.07) is 15.0. The van der Waals surface area contributed by atoms with Gasteiger partial charge in [0.05, 0.1) is 22.6 Å². The Morgan fingerprint density at radius 1 is 1.18 bits per heavy atom. The van der Waals surface area contributed by atoms with E-state index in [4.69, 9.17) is 4.98 Å². The third-order valence-corrected chi connectivity index (χ3v) is 5.63. The SMILES string of the molecule is CCc1ccc(-n2c(C(C)N(C)C(=O)C3CC3)nc3ccccc3c2=O)cc1. The molecule has 1 amide bonds. The summed E-state index contributed by atoms with van der Waals surface area (Å²) in [5.74, 6) is 0.837. The maximum Gasteiger partial charge on any atom is 0.266 e. The molecule has 0 spiro atoms. The zero-order valence-corrected chi connectivity index (χ0v) is 16.6. The molecule has 1 aromatic heterocycles. The van der Waals surface area contributed by atoms with Crippen molar-refractivity contribution in [3.63, 3.8) is 0 Å². The van der Waals surface area contributed by atoms with Crippen LogP contribution in [0.25, 0.3) is 16.6 Å². The normalized spacial score (nSPS) is 14.8. The quantitative estimate of drug-likeness (QED) is 0.680. The Hall–Kier alpha value is -2.95. The summed E-state index contributed by atoms with van der Waals surface area (Å²) in [5, 5.41) is 0.578. The number of aromatic nitrogens is 2. The molecule has 28 heavy (non-hydrogen) atoms. The van der Waals surface area contributed by atoms with E-state index in [1.54, 1.807) is 22.6 Å². The van der Waals surface area contributed by atoms with Gasteiger partial charge in [-0.1, -0.05) is 31.2 Å². The molecule has 1 atom stereocenters. The average molecular weight is 375 g/mol. The standard InChI is InChI=1S/C23H25N3O2/c1-4-16-9-13-18(14-10-16)26-21(15(2)25(3)22(27)17-11-12-17)24-20-8-6-5-7-19(20)23(26)28/h5-10,13-15,17H,4,11-12H2,1-3H3. The van der Waals surface area contributed by atoms with E-state index in [0.717, 1.165) is 24.9 Å². The molecule has 144 valence electrons. The molecule has 0 N–H and O–H groups in total. The summed E-state index contributed by atoms with van der Waals surface area (Å²) in [5.41, 5.74) is 2.53. The Bertz CT molecular complexity index is 1080. The molecule has 1 heterocycles. The Morgan fingerprint density at radius 2 is 1.86 bits per heavy atom. The molecule has 5 nitrogen and oxygen atoms in total. The molecule has 0 radical (unpaired) electrons. The van der Waals surface area contributed by atoms with E-state index >= 15 is 0 Å². The lowest BCUT2D eigenvalue weighted by molar-refractivity contribution is -0.133. The first-order valence-electron chi connectivity index (χ1n) is 9.89. The van der Waals surface area contributed by atoms with Crippen molar-refractivity contribution in [2.75, 3.05) is 7.05 Å². The molecule has 5 heteroatoms. The van der Waals surface area contributed by atoms with Crippen molar-refractivity contribution >= 4 is 16.8 Å². The van der Waals surface area contributed by atoms with Crippen molar-refractivity contribution in [3.8, 4) is 5.69 Å². The number of benzene rings is 2. The fourth-order valence-electron chi connectivity index (χ4n) is 3.54. The van der Waals surface area contributed by atoms with Gasteiger partial charge in [-0.05, 0) is 56.0 Å². The number of fused-ring (bicyclic) bond motifs is 1. The van der Waals surface area contributed by atoms with Crippen molar-refractivity contribution in [2.45, 2.75) is 39.2 Å². The predicted octanol–water partition coefficient (Wildman–Crippen LogP) is 3.88. The van der Waals surface area contributed by atoms with Crippen molar-refractivity contribution in [3.05, 3.63) is 70.3 Å². The molecule has 1 aliphatic rings. The van der Waals surface area contributed by atoms with E-state index in [1.165, 1.54) is 5.56 Å². The van der Waals surface area contributed by atoms with Gasteiger partial charge in [0, 0.05) is 13.0 Å². The molecule has 1 saturated carbocycles. The number of hydrogen-bond donors (Lipinski definition) is 0. The van der Waals surface area contributed by atoms with Crippen molar-refractivity contribution in [1.29, 1.82) is 0 Å². The van der Waals surface area contributed by atoms with Gasteiger partial charge in [-0.3, -0.25) is 14.2 Å². The number of nitrogens with zero attached hydrogens (tertiary/aromatic N) is 3. The monoisotopic (exact) mass is 375 g/mol. The smallest absolute Gasteiger partial charge is 0.266 e. The molecule has 2 aromatic carbocycles. The highest BCUT2D eigenvalue weighted by atomic mass is 16.2. The number of para-hydroxylation sites is 1. The first-order valence-corrected chi connectivity index (χ1v) is 9.89. The van der Waals surface area contributed by atoms with Gasteiger partial charge in [-0.25, -0.2) is 4.98 Å². The lowest BCUT2D eigenvalue weighted by atomic mass is 10.1. The topological polar surface area (TPSA) is 55.2 Å². The van der Waals surface area contributed by atoms with Gasteiger partial charge in [0.2, 0.25) is 5.91 Å². The first kappa shape index (κ1) is 18.4. The van der Waals surface area contributed by atoms with Gasteiger partial charge in [0.1, 0.15) is 5.82 Å². The Kier molecular flexibility index (Phi) is 4.75. The van der Waals surface area contributed by atoms with Crippen molar-refractivity contribution < 1.29 is 4.79 Å². The fourth-order valence-corrected chi connectivity index (χ4v) is 3.54. The summed E-state index contributed by atoms with van der Waals surface area (Å²) in [6.07, 6.45) is 2.84. The van der Waals surface area contributed by atoms with E-state index in [-0.39, 0.29) is 23.4 Å². The maximum absolute atomic E-state index is 13.4. The van der Waals surface area contributed by atoms with Gasteiger partial charge >= 0.3 is 0 Å². The maximum atomic E-state index is 13.4. The van der Waals surface area contributed by atoms with Crippen LogP contribution in [0.3, 0.4) is 0 Å². The Morgan fingerprint density at radius 3 is 2.50 bits per heavy atom.